The second kappa shape index (κ2) is 5.63. The van der Waals surface area contributed by atoms with Crippen LogP contribution >= 0.6 is 11.6 Å². The lowest BCUT2D eigenvalue weighted by Gasteiger charge is -2.17. The minimum atomic E-state index is -1.08. The minimum absolute atomic E-state index is 0.314. The zero-order valence-corrected chi connectivity index (χ0v) is 9.92. The van der Waals surface area contributed by atoms with Gasteiger partial charge in [-0.25, -0.2) is 0 Å². The molecule has 1 aromatic rings. The van der Waals surface area contributed by atoms with Crippen molar-refractivity contribution in [3.63, 3.8) is 0 Å². The molecule has 0 amide bonds. The molecule has 0 radical (unpaired) electrons. The second-order valence-corrected chi connectivity index (χ2v) is 4.16. The molecular formula is C11H12ClNO4. The van der Waals surface area contributed by atoms with Crippen LogP contribution in [0, 0.1) is 10.1 Å². The molecule has 0 bridgehead atoms. The average molecular weight is 258 g/mol. The number of carboxylic acid groups (broad SMARTS) is 1. The van der Waals surface area contributed by atoms with Gasteiger partial charge in [0.25, 0.3) is 0 Å². The van der Waals surface area contributed by atoms with Gasteiger partial charge in [0.05, 0.1) is 12.3 Å². The zero-order chi connectivity index (χ0) is 13.0. The van der Waals surface area contributed by atoms with E-state index in [-0.39, 0.29) is 6.42 Å². The fourth-order valence-corrected chi connectivity index (χ4v) is 1.93. The van der Waals surface area contributed by atoms with Gasteiger partial charge in [-0.15, -0.1) is 0 Å². The van der Waals surface area contributed by atoms with Crippen LogP contribution in [0.15, 0.2) is 24.3 Å². The van der Waals surface area contributed by atoms with E-state index in [0.717, 1.165) is 0 Å². The third-order valence-electron chi connectivity index (χ3n) is 2.61. The Morgan fingerprint density at radius 3 is 2.59 bits per heavy atom. The first-order chi connectivity index (χ1) is 7.93. The van der Waals surface area contributed by atoms with E-state index in [4.69, 9.17) is 16.7 Å². The summed E-state index contributed by atoms with van der Waals surface area (Å²) in [5.41, 5.74) is 0.501. The maximum absolute atomic E-state index is 10.8. The van der Waals surface area contributed by atoms with Crippen molar-refractivity contribution in [1.29, 1.82) is 0 Å². The van der Waals surface area contributed by atoms with E-state index >= 15 is 0 Å². The Bertz CT molecular complexity index is 435. The summed E-state index contributed by atoms with van der Waals surface area (Å²) in [7, 11) is 0. The van der Waals surface area contributed by atoms with Gasteiger partial charge >= 0.3 is 5.97 Å². The van der Waals surface area contributed by atoms with Gasteiger partial charge in [-0.1, -0.05) is 29.8 Å². The van der Waals surface area contributed by atoms with Crippen LogP contribution in [0.3, 0.4) is 0 Å². The summed E-state index contributed by atoms with van der Waals surface area (Å²) in [6.45, 7) is 1.39. The molecule has 5 nitrogen and oxygen atoms in total. The highest BCUT2D eigenvalue weighted by Gasteiger charge is 2.31. The summed E-state index contributed by atoms with van der Waals surface area (Å²) in [5.74, 6) is -1.81. The number of carboxylic acids is 1. The van der Waals surface area contributed by atoms with E-state index in [9.17, 15) is 14.9 Å². The quantitative estimate of drug-likeness (QED) is 0.649. The Morgan fingerprint density at radius 2 is 2.12 bits per heavy atom. The Hall–Kier alpha value is -1.62. The number of hydrogen-bond donors (Lipinski definition) is 1. The van der Waals surface area contributed by atoms with Crippen LogP contribution < -0.4 is 0 Å². The predicted molar refractivity (Wildman–Crippen MR) is 62.9 cm³/mol. The van der Waals surface area contributed by atoms with Gasteiger partial charge in [0.2, 0.25) is 6.04 Å². The van der Waals surface area contributed by atoms with Crippen molar-refractivity contribution in [3.8, 4) is 0 Å². The zero-order valence-electron chi connectivity index (χ0n) is 9.17. The smallest absolute Gasteiger partial charge is 0.304 e. The van der Waals surface area contributed by atoms with Gasteiger partial charge in [0.1, 0.15) is 0 Å². The maximum Gasteiger partial charge on any atom is 0.304 e. The van der Waals surface area contributed by atoms with Crippen molar-refractivity contribution in [3.05, 3.63) is 45.0 Å². The number of aliphatic carboxylic acids is 1. The van der Waals surface area contributed by atoms with Gasteiger partial charge < -0.3 is 5.11 Å². The summed E-state index contributed by atoms with van der Waals surface area (Å²) in [4.78, 5) is 21.0. The van der Waals surface area contributed by atoms with Crippen LogP contribution in [-0.2, 0) is 4.79 Å². The van der Waals surface area contributed by atoms with Crippen molar-refractivity contribution < 1.29 is 14.8 Å². The van der Waals surface area contributed by atoms with E-state index in [0.29, 0.717) is 10.6 Å². The summed E-state index contributed by atoms with van der Waals surface area (Å²) < 4.78 is 0. The van der Waals surface area contributed by atoms with Crippen molar-refractivity contribution in [2.75, 3.05) is 0 Å². The van der Waals surface area contributed by atoms with Crippen LogP contribution in [0.5, 0.6) is 0 Å². The highest BCUT2D eigenvalue weighted by atomic mass is 35.5. The molecular weight excluding hydrogens is 246 g/mol. The molecule has 1 rings (SSSR count). The molecule has 92 valence electrons. The maximum atomic E-state index is 10.8. The number of benzene rings is 1. The lowest BCUT2D eigenvalue weighted by Crippen LogP contribution is -2.26. The number of halogens is 1. The molecule has 0 saturated carbocycles. The van der Waals surface area contributed by atoms with Crippen molar-refractivity contribution >= 4 is 17.6 Å². The fourth-order valence-electron chi connectivity index (χ4n) is 1.65. The predicted octanol–water partition coefficient (Wildman–Crippen LogP) is 2.56. The summed E-state index contributed by atoms with van der Waals surface area (Å²) in [6.07, 6.45) is -0.314. The van der Waals surface area contributed by atoms with E-state index in [1.165, 1.54) is 6.92 Å². The Morgan fingerprint density at radius 1 is 1.53 bits per heavy atom. The molecule has 0 aliphatic heterocycles. The average Bonchev–Trinajstić information content (AvgIpc) is 2.25. The van der Waals surface area contributed by atoms with Gasteiger partial charge in [0.15, 0.2) is 0 Å². The van der Waals surface area contributed by atoms with Gasteiger partial charge in [-0.05, 0) is 11.6 Å². The number of carbonyl (C=O) groups is 1. The molecule has 1 N–H and O–H groups in total. The molecule has 0 heterocycles. The third-order valence-corrected chi connectivity index (χ3v) is 2.96. The monoisotopic (exact) mass is 257 g/mol. The first kappa shape index (κ1) is 13.4. The minimum Gasteiger partial charge on any atom is -0.481 e. The summed E-state index contributed by atoms with van der Waals surface area (Å²) in [6, 6.07) is 5.60. The molecule has 0 saturated heterocycles. The van der Waals surface area contributed by atoms with Gasteiger partial charge in [-0.3, -0.25) is 14.9 Å². The Balaban J connectivity index is 3.10. The molecule has 1 aromatic carbocycles. The van der Waals surface area contributed by atoms with Gasteiger partial charge in [0, 0.05) is 16.9 Å². The van der Waals surface area contributed by atoms with E-state index < -0.39 is 22.9 Å². The van der Waals surface area contributed by atoms with E-state index in [1.54, 1.807) is 24.3 Å². The molecule has 2 unspecified atom stereocenters. The highest BCUT2D eigenvalue weighted by Crippen LogP contribution is 2.30. The topological polar surface area (TPSA) is 80.4 Å². The highest BCUT2D eigenvalue weighted by molar-refractivity contribution is 6.31. The number of nitrogens with zero attached hydrogens (tertiary/aromatic N) is 1. The number of rotatable bonds is 5. The van der Waals surface area contributed by atoms with Crippen LogP contribution in [0.1, 0.15) is 24.8 Å². The normalized spacial score (nSPS) is 14.0. The van der Waals surface area contributed by atoms with E-state index in [1.807, 2.05) is 0 Å². The second-order valence-electron chi connectivity index (χ2n) is 3.75. The molecule has 0 spiro atoms. The first-order valence-corrected chi connectivity index (χ1v) is 5.41. The van der Waals surface area contributed by atoms with Crippen LogP contribution in [0.25, 0.3) is 0 Å². The number of nitro groups is 1. The molecule has 0 fully saturated rings. The standard InChI is InChI=1S/C11H12ClNO4/c1-7(13(16)17)9(6-11(14)15)8-4-2-3-5-10(8)12/h2-5,7,9H,6H2,1H3,(H,14,15). The summed E-state index contributed by atoms with van der Waals surface area (Å²) >= 11 is 5.94. The Kier molecular flexibility index (Phi) is 4.45. The third kappa shape index (κ3) is 3.42. The van der Waals surface area contributed by atoms with Crippen LogP contribution in [-0.4, -0.2) is 22.0 Å². The van der Waals surface area contributed by atoms with Crippen molar-refractivity contribution in [2.45, 2.75) is 25.3 Å². The molecule has 2 atom stereocenters. The first-order valence-electron chi connectivity index (χ1n) is 5.03. The van der Waals surface area contributed by atoms with Crippen molar-refractivity contribution in [1.82, 2.24) is 0 Å². The molecule has 0 aromatic heterocycles. The molecule has 0 aliphatic carbocycles. The Labute approximate surface area is 103 Å². The summed E-state index contributed by atoms with van der Waals surface area (Å²) in [5, 5.41) is 19.9. The SMILES string of the molecule is CC(C(CC(=O)O)c1ccccc1Cl)[N+](=O)[O-]. The van der Waals surface area contributed by atoms with Crippen LogP contribution in [0.4, 0.5) is 0 Å². The fraction of sp³-hybridized carbons (Fsp3) is 0.364. The lowest BCUT2D eigenvalue weighted by atomic mass is 9.90. The van der Waals surface area contributed by atoms with Crippen molar-refractivity contribution in [2.24, 2.45) is 0 Å². The lowest BCUT2D eigenvalue weighted by molar-refractivity contribution is -0.522. The van der Waals surface area contributed by atoms with E-state index in [2.05, 4.69) is 0 Å². The molecule has 6 heteroatoms. The molecule has 0 aliphatic rings. The van der Waals surface area contributed by atoms with Gasteiger partial charge in [-0.2, -0.15) is 0 Å². The largest absolute Gasteiger partial charge is 0.481 e. The number of hydrogen-bond acceptors (Lipinski definition) is 3. The van der Waals surface area contributed by atoms with Crippen LogP contribution in [0.2, 0.25) is 5.02 Å². The molecule has 17 heavy (non-hydrogen) atoms.